The molecule has 0 saturated heterocycles. The van der Waals surface area contributed by atoms with E-state index in [9.17, 15) is 0 Å². The molecule has 14 heavy (non-hydrogen) atoms. The molecule has 2 N–H and O–H groups in total. The average Bonchev–Trinajstić information content (AvgIpc) is 2.67. The molecule has 0 amide bonds. The minimum absolute atomic E-state index is 0.536. The van der Waals surface area contributed by atoms with E-state index in [0.29, 0.717) is 12.6 Å². The summed E-state index contributed by atoms with van der Waals surface area (Å²) in [7, 11) is 0. The number of nitrogens with two attached hydrogens (primary N) is 1. The molecule has 0 aliphatic heterocycles. The molecule has 0 bridgehead atoms. The van der Waals surface area contributed by atoms with Gasteiger partial charge in [0.2, 0.25) is 0 Å². The Balaban J connectivity index is 2.78. The fourth-order valence-electron chi connectivity index (χ4n) is 1.38. The molecule has 1 heterocycles. The molecule has 0 spiro atoms. The minimum atomic E-state index is 0.536. The van der Waals surface area contributed by atoms with Gasteiger partial charge in [-0.15, -0.1) is 11.3 Å². The molecule has 0 fully saturated rings. The first kappa shape index (κ1) is 11.5. The number of hydrogen-bond acceptors (Lipinski definition) is 4. The van der Waals surface area contributed by atoms with Crippen molar-refractivity contribution >= 4 is 16.5 Å². The van der Waals surface area contributed by atoms with Crippen LogP contribution in [0.4, 0.5) is 5.13 Å². The number of thiazole rings is 1. The Kier molecular flexibility index (Phi) is 4.35. The Morgan fingerprint density at radius 2 is 2.29 bits per heavy atom. The van der Waals surface area contributed by atoms with Gasteiger partial charge in [0.1, 0.15) is 0 Å². The number of anilines is 1. The smallest absolute Gasteiger partial charge is 0.185 e. The first-order valence-corrected chi connectivity index (χ1v) is 6.02. The molecule has 1 unspecified atom stereocenters. The zero-order chi connectivity index (χ0) is 10.6. The van der Waals surface area contributed by atoms with Gasteiger partial charge < -0.3 is 10.6 Å². The second kappa shape index (κ2) is 5.32. The fourth-order valence-corrected chi connectivity index (χ4v) is 2.38. The van der Waals surface area contributed by atoms with Crippen molar-refractivity contribution < 1.29 is 0 Å². The van der Waals surface area contributed by atoms with Crippen molar-refractivity contribution in [2.24, 2.45) is 5.73 Å². The van der Waals surface area contributed by atoms with Gasteiger partial charge in [0, 0.05) is 24.5 Å². The summed E-state index contributed by atoms with van der Waals surface area (Å²) in [6.07, 6.45) is 1.14. The van der Waals surface area contributed by atoms with Crippen molar-refractivity contribution in [1.82, 2.24) is 4.98 Å². The molecule has 3 nitrogen and oxygen atoms in total. The van der Waals surface area contributed by atoms with E-state index in [2.05, 4.69) is 30.7 Å². The molecule has 4 heteroatoms. The third kappa shape index (κ3) is 2.45. The van der Waals surface area contributed by atoms with E-state index in [1.165, 1.54) is 0 Å². The second-order valence-corrected chi connectivity index (χ2v) is 4.21. The van der Waals surface area contributed by atoms with Gasteiger partial charge in [-0.1, -0.05) is 6.92 Å². The third-order valence-corrected chi connectivity index (χ3v) is 3.38. The molecule has 0 aliphatic rings. The van der Waals surface area contributed by atoms with E-state index in [1.54, 1.807) is 11.3 Å². The highest BCUT2D eigenvalue weighted by Gasteiger charge is 2.13. The molecule has 0 aliphatic carbocycles. The Morgan fingerprint density at radius 1 is 1.57 bits per heavy atom. The van der Waals surface area contributed by atoms with Gasteiger partial charge in [-0.2, -0.15) is 0 Å². The largest absolute Gasteiger partial charge is 0.346 e. The summed E-state index contributed by atoms with van der Waals surface area (Å²) in [5, 5.41) is 3.14. The molecular formula is C10H19N3S. The zero-order valence-corrected chi connectivity index (χ0v) is 9.97. The van der Waals surface area contributed by atoms with Crippen molar-refractivity contribution in [3.63, 3.8) is 0 Å². The number of aromatic nitrogens is 1. The topological polar surface area (TPSA) is 42.2 Å². The quantitative estimate of drug-likeness (QED) is 0.815. The van der Waals surface area contributed by atoms with Crippen LogP contribution in [-0.4, -0.2) is 17.6 Å². The van der Waals surface area contributed by atoms with E-state index in [0.717, 1.165) is 23.8 Å². The Morgan fingerprint density at radius 3 is 2.71 bits per heavy atom. The molecule has 1 aromatic heterocycles. The van der Waals surface area contributed by atoms with Crippen LogP contribution in [0.2, 0.25) is 0 Å². The van der Waals surface area contributed by atoms with E-state index in [-0.39, 0.29) is 0 Å². The lowest BCUT2D eigenvalue weighted by Crippen LogP contribution is -2.32. The van der Waals surface area contributed by atoms with Gasteiger partial charge in [0.25, 0.3) is 0 Å². The number of nitrogens with zero attached hydrogens (tertiary/aromatic N) is 2. The van der Waals surface area contributed by atoms with E-state index in [4.69, 9.17) is 5.73 Å². The normalized spacial score (nSPS) is 12.9. The number of rotatable bonds is 5. The van der Waals surface area contributed by atoms with Crippen molar-refractivity contribution in [3.8, 4) is 0 Å². The van der Waals surface area contributed by atoms with Crippen molar-refractivity contribution in [1.29, 1.82) is 0 Å². The SMILES string of the molecule is CCC(C)N(CC)c1nc(CN)cs1. The van der Waals surface area contributed by atoms with Crippen LogP contribution < -0.4 is 10.6 Å². The van der Waals surface area contributed by atoms with Crippen LogP contribution in [0.3, 0.4) is 0 Å². The Labute approximate surface area is 89.9 Å². The van der Waals surface area contributed by atoms with E-state index >= 15 is 0 Å². The van der Waals surface area contributed by atoms with Gasteiger partial charge in [-0.3, -0.25) is 0 Å². The van der Waals surface area contributed by atoms with E-state index in [1.807, 2.05) is 5.38 Å². The first-order chi connectivity index (χ1) is 6.72. The summed E-state index contributed by atoms with van der Waals surface area (Å²) in [4.78, 5) is 6.81. The molecule has 80 valence electrons. The van der Waals surface area contributed by atoms with Crippen LogP contribution in [0.25, 0.3) is 0 Å². The summed E-state index contributed by atoms with van der Waals surface area (Å²) in [6.45, 7) is 8.13. The van der Waals surface area contributed by atoms with Crippen LogP contribution in [0.5, 0.6) is 0 Å². The first-order valence-electron chi connectivity index (χ1n) is 5.14. The zero-order valence-electron chi connectivity index (χ0n) is 9.16. The second-order valence-electron chi connectivity index (χ2n) is 3.37. The van der Waals surface area contributed by atoms with Gasteiger partial charge in [0.05, 0.1) is 5.69 Å². The lowest BCUT2D eigenvalue weighted by atomic mass is 10.2. The Hall–Kier alpha value is -0.610. The van der Waals surface area contributed by atoms with Crippen molar-refractivity contribution in [3.05, 3.63) is 11.1 Å². The number of hydrogen-bond donors (Lipinski definition) is 1. The van der Waals surface area contributed by atoms with Crippen LogP contribution in [-0.2, 0) is 6.54 Å². The monoisotopic (exact) mass is 213 g/mol. The molecular weight excluding hydrogens is 194 g/mol. The lowest BCUT2D eigenvalue weighted by molar-refractivity contribution is 0.627. The highest BCUT2D eigenvalue weighted by atomic mass is 32.1. The highest BCUT2D eigenvalue weighted by molar-refractivity contribution is 7.13. The summed E-state index contributed by atoms with van der Waals surface area (Å²) in [5.74, 6) is 0. The van der Waals surface area contributed by atoms with Crippen LogP contribution in [0, 0.1) is 0 Å². The Bertz CT molecular complexity index is 272. The van der Waals surface area contributed by atoms with Crippen molar-refractivity contribution in [2.75, 3.05) is 11.4 Å². The molecule has 1 aromatic rings. The maximum Gasteiger partial charge on any atom is 0.185 e. The van der Waals surface area contributed by atoms with Gasteiger partial charge in [-0.05, 0) is 20.3 Å². The summed E-state index contributed by atoms with van der Waals surface area (Å²) >= 11 is 1.69. The maximum absolute atomic E-state index is 5.54. The summed E-state index contributed by atoms with van der Waals surface area (Å²) in [6, 6.07) is 0.553. The predicted octanol–water partition coefficient (Wildman–Crippen LogP) is 2.23. The van der Waals surface area contributed by atoms with E-state index < -0.39 is 0 Å². The predicted molar refractivity (Wildman–Crippen MR) is 62.8 cm³/mol. The van der Waals surface area contributed by atoms with Gasteiger partial charge in [-0.25, -0.2) is 4.98 Å². The summed E-state index contributed by atoms with van der Waals surface area (Å²) < 4.78 is 0. The minimum Gasteiger partial charge on any atom is -0.346 e. The third-order valence-electron chi connectivity index (χ3n) is 2.46. The van der Waals surface area contributed by atoms with Gasteiger partial charge >= 0.3 is 0 Å². The fraction of sp³-hybridized carbons (Fsp3) is 0.700. The van der Waals surface area contributed by atoms with Crippen LogP contribution in [0.1, 0.15) is 32.9 Å². The maximum atomic E-state index is 5.54. The summed E-state index contributed by atoms with van der Waals surface area (Å²) in [5.41, 5.74) is 6.53. The van der Waals surface area contributed by atoms with Crippen LogP contribution >= 0.6 is 11.3 Å². The molecule has 1 rings (SSSR count). The highest BCUT2D eigenvalue weighted by Crippen LogP contribution is 2.22. The molecule has 0 radical (unpaired) electrons. The van der Waals surface area contributed by atoms with Crippen molar-refractivity contribution in [2.45, 2.75) is 39.8 Å². The average molecular weight is 213 g/mol. The van der Waals surface area contributed by atoms with Gasteiger partial charge in [0.15, 0.2) is 5.13 Å². The molecule has 0 aromatic carbocycles. The molecule has 0 saturated carbocycles. The standard InChI is InChI=1S/C10H19N3S/c1-4-8(3)13(5-2)10-12-9(6-11)7-14-10/h7-8H,4-6,11H2,1-3H3. The lowest BCUT2D eigenvalue weighted by Gasteiger charge is -2.26. The molecule has 1 atom stereocenters. The van der Waals surface area contributed by atoms with Crippen LogP contribution in [0.15, 0.2) is 5.38 Å².